The van der Waals surface area contributed by atoms with Crippen molar-refractivity contribution in [2.75, 3.05) is 7.11 Å². The largest absolute Gasteiger partial charge is 0.376 e. The number of aryl methyl sites for hydroxylation is 1. The molecule has 2 heteroatoms. The quantitative estimate of drug-likeness (QED) is 0.809. The van der Waals surface area contributed by atoms with Crippen LogP contribution in [0.1, 0.15) is 69.0 Å². The molecule has 0 aromatic heterocycles. The number of rotatable bonds is 5. The third-order valence-electron chi connectivity index (χ3n) is 4.77. The Morgan fingerprint density at radius 2 is 1.90 bits per heavy atom. The maximum Gasteiger partial charge on any atom is 0.0870 e. The van der Waals surface area contributed by atoms with E-state index in [2.05, 4.69) is 31.2 Å². The molecule has 2 rings (SSSR count). The molecule has 1 aromatic rings. The van der Waals surface area contributed by atoms with E-state index >= 15 is 0 Å². The van der Waals surface area contributed by atoms with Gasteiger partial charge in [0.1, 0.15) is 0 Å². The number of benzene rings is 1. The van der Waals surface area contributed by atoms with Gasteiger partial charge in [0.05, 0.1) is 11.6 Å². The van der Waals surface area contributed by atoms with Crippen molar-refractivity contribution in [2.24, 2.45) is 5.73 Å². The molecule has 0 heterocycles. The summed E-state index contributed by atoms with van der Waals surface area (Å²) in [5.74, 6) is 0. The normalized spacial score (nSPS) is 20.4. The lowest BCUT2D eigenvalue weighted by Crippen LogP contribution is -2.42. The molecule has 112 valence electrons. The average molecular weight is 275 g/mol. The molecule has 1 saturated carbocycles. The van der Waals surface area contributed by atoms with Crippen LogP contribution in [0.4, 0.5) is 0 Å². The van der Waals surface area contributed by atoms with Crippen molar-refractivity contribution in [3.8, 4) is 0 Å². The van der Waals surface area contributed by atoms with E-state index in [1.807, 2.05) is 7.11 Å². The summed E-state index contributed by atoms with van der Waals surface area (Å²) in [5.41, 5.74) is 9.08. The molecule has 1 unspecified atom stereocenters. The predicted molar refractivity (Wildman–Crippen MR) is 84.8 cm³/mol. The van der Waals surface area contributed by atoms with Crippen molar-refractivity contribution < 1.29 is 4.74 Å². The molecular weight excluding hydrogens is 246 g/mol. The van der Waals surface area contributed by atoms with Gasteiger partial charge in [-0.1, -0.05) is 63.3 Å². The van der Waals surface area contributed by atoms with Crippen LogP contribution in [0.3, 0.4) is 0 Å². The first-order valence-corrected chi connectivity index (χ1v) is 8.11. The van der Waals surface area contributed by atoms with Gasteiger partial charge in [-0.15, -0.1) is 0 Å². The third kappa shape index (κ3) is 3.42. The Hall–Kier alpha value is -0.860. The minimum atomic E-state index is -0.165. The van der Waals surface area contributed by atoms with Gasteiger partial charge in [-0.25, -0.2) is 0 Å². The molecular formula is C18H29NO. The predicted octanol–water partition coefficient (Wildman–Crippen LogP) is 4.38. The van der Waals surface area contributed by atoms with Gasteiger partial charge < -0.3 is 10.5 Å². The van der Waals surface area contributed by atoms with Crippen LogP contribution >= 0.6 is 0 Å². The zero-order valence-electron chi connectivity index (χ0n) is 13.0. The SMILES string of the molecule is CCCc1cccc(C(N)C2(OC)CCCCCC2)c1. The summed E-state index contributed by atoms with van der Waals surface area (Å²) in [7, 11) is 1.83. The molecule has 0 spiro atoms. The van der Waals surface area contributed by atoms with Gasteiger partial charge >= 0.3 is 0 Å². The highest BCUT2D eigenvalue weighted by Crippen LogP contribution is 2.39. The van der Waals surface area contributed by atoms with Crippen molar-refractivity contribution in [1.29, 1.82) is 0 Å². The molecule has 0 saturated heterocycles. The molecule has 2 N–H and O–H groups in total. The molecule has 1 aliphatic rings. The summed E-state index contributed by atoms with van der Waals surface area (Å²) >= 11 is 0. The van der Waals surface area contributed by atoms with Crippen molar-refractivity contribution in [1.82, 2.24) is 0 Å². The number of hydrogen-bond donors (Lipinski definition) is 1. The lowest BCUT2D eigenvalue weighted by molar-refractivity contribution is -0.0442. The fraction of sp³-hybridized carbons (Fsp3) is 0.667. The van der Waals surface area contributed by atoms with Crippen LogP contribution in [0.25, 0.3) is 0 Å². The first-order valence-electron chi connectivity index (χ1n) is 8.11. The number of hydrogen-bond acceptors (Lipinski definition) is 2. The molecule has 0 radical (unpaired) electrons. The van der Waals surface area contributed by atoms with Crippen LogP contribution in [-0.4, -0.2) is 12.7 Å². The highest BCUT2D eigenvalue weighted by molar-refractivity contribution is 5.28. The van der Waals surface area contributed by atoms with Gasteiger partial charge in [0, 0.05) is 7.11 Å². The van der Waals surface area contributed by atoms with Crippen molar-refractivity contribution in [3.05, 3.63) is 35.4 Å². The highest BCUT2D eigenvalue weighted by Gasteiger charge is 2.37. The standard InChI is InChI=1S/C18H29NO/c1-3-9-15-10-8-11-16(14-15)17(19)18(20-2)12-6-4-5-7-13-18/h8,10-11,14,17H,3-7,9,12-13,19H2,1-2H3. The topological polar surface area (TPSA) is 35.2 Å². The highest BCUT2D eigenvalue weighted by atomic mass is 16.5. The Kier molecular flexibility index (Phi) is 5.62. The van der Waals surface area contributed by atoms with Crippen LogP contribution in [0, 0.1) is 0 Å². The first-order chi connectivity index (χ1) is 9.72. The molecule has 0 bridgehead atoms. The molecule has 20 heavy (non-hydrogen) atoms. The van der Waals surface area contributed by atoms with Crippen LogP contribution in [0.5, 0.6) is 0 Å². The van der Waals surface area contributed by atoms with Gasteiger partial charge in [-0.2, -0.15) is 0 Å². The Balaban J connectivity index is 2.22. The van der Waals surface area contributed by atoms with E-state index < -0.39 is 0 Å². The van der Waals surface area contributed by atoms with E-state index in [-0.39, 0.29) is 11.6 Å². The minimum Gasteiger partial charge on any atom is -0.376 e. The summed E-state index contributed by atoms with van der Waals surface area (Å²) in [5, 5.41) is 0. The zero-order chi connectivity index (χ0) is 14.4. The van der Waals surface area contributed by atoms with E-state index in [9.17, 15) is 0 Å². The third-order valence-corrected chi connectivity index (χ3v) is 4.77. The Bertz CT molecular complexity index is 408. The van der Waals surface area contributed by atoms with Crippen molar-refractivity contribution in [3.63, 3.8) is 0 Å². The zero-order valence-corrected chi connectivity index (χ0v) is 13.0. The second-order valence-electron chi connectivity index (χ2n) is 6.16. The summed E-state index contributed by atoms with van der Waals surface area (Å²) < 4.78 is 5.95. The minimum absolute atomic E-state index is 0.0117. The van der Waals surface area contributed by atoms with E-state index in [4.69, 9.17) is 10.5 Å². The fourth-order valence-electron chi connectivity index (χ4n) is 3.50. The lowest BCUT2D eigenvalue weighted by atomic mass is 9.82. The van der Waals surface area contributed by atoms with E-state index in [1.165, 1.54) is 43.2 Å². The molecule has 1 fully saturated rings. The van der Waals surface area contributed by atoms with Crippen LogP contribution in [-0.2, 0) is 11.2 Å². The second-order valence-corrected chi connectivity index (χ2v) is 6.16. The van der Waals surface area contributed by atoms with Crippen LogP contribution < -0.4 is 5.73 Å². The van der Waals surface area contributed by atoms with Gasteiger partial charge in [-0.05, 0) is 30.4 Å². The van der Waals surface area contributed by atoms with Gasteiger partial charge in [0.25, 0.3) is 0 Å². The maximum atomic E-state index is 6.62. The van der Waals surface area contributed by atoms with E-state index in [0.717, 1.165) is 19.3 Å². The Morgan fingerprint density at radius 1 is 1.20 bits per heavy atom. The molecule has 1 aliphatic carbocycles. The van der Waals surface area contributed by atoms with Crippen molar-refractivity contribution in [2.45, 2.75) is 69.9 Å². The number of methoxy groups -OCH3 is 1. The number of ether oxygens (including phenoxy) is 1. The van der Waals surface area contributed by atoms with Crippen LogP contribution in [0.15, 0.2) is 24.3 Å². The van der Waals surface area contributed by atoms with Gasteiger partial charge in [0.15, 0.2) is 0 Å². The van der Waals surface area contributed by atoms with Gasteiger partial charge in [0.2, 0.25) is 0 Å². The molecule has 0 amide bonds. The monoisotopic (exact) mass is 275 g/mol. The summed E-state index contributed by atoms with van der Waals surface area (Å²) in [6.45, 7) is 2.22. The molecule has 2 nitrogen and oxygen atoms in total. The smallest absolute Gasteiger partial charge is 0.0870 e. The first kappa shape index (κ1) is 15.5. The summed E-state index contributed by atoms with van der Waals surface area (Å²) in [4.78, 5) is 0. The fourth-order valence-corrected chi connectivity index (χ4v) is 3.50. The molecule has 1 atom stereocenters. The average Bonchev–Trinajstić information content (AvgIpc) is 2.73. The summed E-state index contributed by atoms with van der Waals surface area (Å²) in [6.07, 6.45) is 9.56. The van der Waals surface area contributed by atoms with Crippen molar-refractivity contribution >= 4 is 0 Å². The Labute approximate surface area is 123 Å². The van der Waals surface area contributed by atoms with E-state index in [0.29, 0.717) is 0 Å². The lowest BCUT2D eigenvalue weighted by Gasteiger charge is -2.37. The second kappa shape index (κ2) is 7.24. The van der Waals surface area contributed by atoms with E-state index in [1.54, 1.807) is 0 Å². The summed E-state index contributed by atoms with van der Waals surface area (Å²) in [6, 6.07) is 8.77. The molecule has 1 aromatic carbocycles. The van der Waals surface area contributed by atoms with Gasteiger partial charge in [-0.3, -0.25) is 0 Å². The maximum absolute atomic E-state index is 6.62. The Morgan fingerprint density at radius 3 is 2.50 bits per heavy atom. The molecule has 0 aliphatic heterocycles. The number of nitrogens with two attached hydrogens (primary N) is 1. The van der Waals surface area contributed by atoms with Crippen LogP contribution in [0.2, 0.25) is 0 Å².